The van der Waals surface area contributed by atoms with Crippen LogP contribution >= 0.6 is 11.6 Å². The van der Waals surface area contributed by atoms with Crippen LogP contribution in [0.25, 0.3) is 0 Å². The van der Waals surface area contributed by atoms with Crippen LogP contribution in [-0.2, 0) is 9.53 Å². The third-order valence-electron chi connectivity index (χ3n) is 2.80. The van der Waals surface area contributed by atoms with E-state index >= 15 is 0 Å². The van der Waals surface area contributed by atoms with Crippen LogP contribution in [0.1, 0.15) is 18.5 Å². The number of halogens is 1. The van der Waals surface area contributed by atoms with Gasteiger partial charge in [-0.05, 0) is 24.6 Å². The molecule has 0 radical (unpaired) electrons. The fourth-order valence-corrected chi connectivity index (χ4v) is 2.08. The third-order valence-corrected chi connectivity index (χ3v) is 3.05. The average molecular weight is 255 g/mol. The molecule has 2 unspecified atom stereocenters. The minimum Gasteiger partial charge on any atom is -0.466 e. The smallest absolute Gasteiger partial charge is 0.312 e. The van der Waals surface area contributed by atoms with Gasteiger partial charge in [-0.1, -0.05) is 23.7 Å². The van der Waals surface area contributed by atoms with Gasteiger partial charge < -0.3 is 4.74 Å². The van der Waals surface area contributed by atoms with Crippen LogP contribution in [0, 0.1) is 5.92 Å². The highest BCUT2D eigenvalue weighted by Crippen LogP contribution is 2.26. The molecule has 4 nitrogen and oxygen atoms in total. The minimum absolute atomic E-state index is 0.0636. The molecule has 1 aliphatic rings. The number of benzene rings is 1. The molecule has 0 spiro atoms. The molecular formula is C12H15ClN2O2. The molecule has 0 aliphatic carbocycles. The maximum Gasteiger partial charge on any atom is 0.312 e. The van der Waals surface area contributed by atoms with Gasteiger partial charge in [-0.3, -0.25) is 10.2 Å². The summed E-state index contributed by atoms with van der Waals surface area (Å²) in [5.41, 5.74) is 7.10. The predicted molar refractivity (Wildman–Crippen MR) is 65.5 cm³/mol. The van der Waals surface area contributed by atoms with Crippen LogP contribution in [0.4, 0.5) is 0 Å². The first kappa shape index (κ1) is 12.4. The maximum absolute atomic E-state index is 11.8. The number of hydrogen-bond acceptors (Lipinski definition) is 4. The number of carbonyl (C=O) groups excluding carboxylic acids is 1. The van der Waals surface area contributed by atoms with Crippen LogP contribution in [0.2, 0.25) is 5.02 Å². The van der Waals surface area contributed by atoms with Crippen molar-refractivity contribution in [3.05, 3.63) is 34.9 Å². The summed E-state index contributed by atoms with van der Waals surface area (Å²) in [6, 6.07) is 7.41. The molecule has 1 saturated heterocycles. The summed E-state index contributed by atoms with van der Waals surface area (Å²) in [7, 11) is 0. The first-order valence-electron chi connectivity index (χ1n) is 5.63. The van der Waals surface area contributed by atoms with E-state index in [-0.39, 0.29) is 17.9 Å². The molecule has 2 atom stereocenters. The standard InChI is InChI=1S/C12H15ClN2O2/c1-2-17-12(16)10-7-14-15-11(10)8-3-5-9(13)6-4-8/h3-6,10-11,14-15H,2,7H2,1H3. The van der Waals surface area contributed by atoms with Crippen LogP contribution in [0.15, 0.2) is 24.3 Å². The number of rotatable bonds is 3. The van der Waals surface area contributed by atoms with Gasteiger partial charge >= 0.3 is 5.97 Å². The molecule has 17 heavy (non-hydrogen) atoms. The summed E-state index contributed by atoms with van der Waals surface area (Å²) in [6.07, 6.45) is 0. The Morgan fingerprint density at radius 2 is 2.18 bits per heavy atom. The van der Waals surface area contributed by atoms with Gasteiger partial charge in [0.15, 0.2) is 0 Å². The molecule has 1 aliphatic heterocycles. The molecular weight excluding hydrogens is 240 g/mol. The fraction of sp³-hybridized carbons (Fsp3) is 0.417. The van der Waals surface area contributed by atoms with Gasteiger partial charge in [-0.25, -0.2) is 5.43 Å². The highest BCUT2D eigenvalue weighted by atomic mass is 35.5. The lowest BCUT2D eigenvalue weighted by Crippen LogP contribution is -2.27. The summed E-state index contributed by atoms with van der Waals surface area (Å²) in [6.45, 7) is 2.79. The van der Waals surface area contributed by atoms with Crippen molar-refractivity contribution in [2.75, 3.05) is 13.2 Å². The molecule has 1 heterocycles. The van der Waals surface area contributed by atoms with E-state index < -0.39 is 0 Å². The largest absolute Gasteiger partial charge is 0.466 e. The minimum atomic E-state index is -0.198. The first-order chi connectivity index (χ1) is 8.22. The van der Waals surface area contributed by atoms with Crippen LogP contribution in [0.5, 0.6) is 0 Å². The van der Waals surface area contributed by atoms with Crippen LogP contribution in [0.3, 0.4) is 0 Å². The maximum atomic E-state index is 11.8. The third kappa shape index (κ3) is 2.77. The first-order valence-corrected chi connectivity index (χ1v) is 6.00. The molecule has 1 fully saturated rings. The normalized spacial score (nSPS) is 23.6. The van der Waals surface area contributed by atoms with Crippen LogP contribution < -0.4 is 10.9 Å². The Kier molecular flexibility index (Phi) is 3.99. The van der Waals surface area contributed by atoms with Gasteiger partial charge in [0.2, 0.25) is 0 Å². The molecule has 0 saturated carbocycles. The zero-order valence-corrected chi connectivity index (χ0v) is 10.3. The van der Waals surface area contributed by atoms with Crippen molar-refractivity contribution in [1.82, 2.24) is 10.9 Å². The molecule has 0 bridgehead atoms. The van der Waals surface area contributed by atoms with Gasteiger partial charge in [0.05, 0.1) is 18.6 Å². The molecule has 0 amide bonds. The Morgan fingerprint density at radius 3 is 2.82 bits per heavy atom. The Balaban J connectivity index is 2.14. The number of ether oxygens (including phenoxy) is 1. The van der Waals surface area contributed by atoms with Crippen molar-refractivity contribution in [3.8, 4) is 0 Å². The zero-order valence-electron chi connectivity index (χ0n) is 9.57. The lowest BCUT2D eigenvalue weighted by atomic mass is 9.95. The Hall–Kier alpha value is -1.10. The summed E-state index contributed by atoms with van der Waals surface area (Å²) < 4.78 is 5.06. The van der Waals surface area contributed by atoms with Crippen molar-refractivity contribution in [2.45, 2.75) is 13.0 Å². The highest BCUT2D eigenvalue weighted by Gasteiger charge is 2.34. The second-order valence-corrected chi connectivity index (χ2v) is 4.35. The Morgan fingerprint density at radius 1 is 1.47 bits per heavy atom. The van der Waals surface area contributed by atoms with Crippen molar-refractivity contribution in [1.29, 1.82) is 0 Å². The molecule has 2 rings (SSSR count). The average Bonchev–Trinajstić information content (AvgIpc) is 2.79. The van der Waals surface area contributed by atoms with Gasteiger partial charge in [0.1, 0.15) is 0 Å². The van der Waals surface area contributed by atoms with E-state index in [9.17, 15) is 4.79 Å². The highest BCUT2D eigenvalue weighted by molar-refractivity contribution is 6.30. The molecule has 5 heteroatoms. The van der Waals surface area contributed by atoms with Crippen molar-refractivity contribution < 1.29 is 9.53 Å². The van der Waals surface area contributed by atoms with Gasteiger partial charge in [0.25, 0.3) is 0 Å². The Labute approximate surface area is 105 Å². The van der Waals surface area contributed by atoms with E-state index in [1.165, 1.54) is 0 Å². The van der Waals surface area contributed by atoms with E-state index in [0.29, 0.717) is 18.2 Å². The number of carbonyl (C=O) groups is 1. The van der Waals surface area contributed by atoms with Gasteiger partial charge in [-0.2, -0.15) is 0 Å². The number of hydrogen-bond donors (Lipinski definition) is 2. The quantitative estimate of drug-likeness (QED) is 0.806. The predicted octanol–water partition coefficient (Wildman–Crippen LogP) is 1.67. The summed E-state index contributed by atoms with van der Waals surface area (Å²) in [4.78, 5) is 11.8. The molecule has 1 aromatic carbocycles. The molecule has 1 aromatic rings. The topological polar surface area (TPSA) is 50.4 Å². The fourth-order valence-electron chi connectivity index (χ4n) is 1.95. The lowest BCUT2D eigenvalue weighted by Gasteiger charge is -2.17. The zero-order chi connectivity index (χ0) is 12.3. The monoisotopic (exact) mass is 254 g/mol. The van der Waals surface area contributed by atoms with Crippen LogP contribution in [-0.4, -0.2) is 19.1 Å². The van der Waals surface area contributed by atoms with E-state index in [0.717, 1.165) is 5.56 Å². The lowest BCUT2D eigenvalue weighted by molar-refractivity contribution is -0.147. The number of hydrazine groups is 1. The van der Waals surface area contributed by atoms with Gasteiger partial charge in [0, 0.05) is 11.6 Å². The SMILES string of the molecule is CCOC(=O)C1CNNC1c1ccc(Cl)cc1. The number of esters is 1. The van der Waals surface area contributed by atoms with Crippen molar-refractivity contribution in [2.24, 2.45) is 5.92 Å². The van der Waals surface area contributed by atoms with E-state index in [4.69, 9.17) is 16.3 Å². The molecule has 92 valence electrons. The second-order valence-electron chi connectivity index (χ2n) is 3.91. The summed E-state index contributed by atoms with van der Waals surface area (Å²) in [5, 5.41) is 0.687. The van der Waals surface area contributed by atoms with Gasteiger partial charge in [-0.15, -0.1) is 0 Å². The summed E-state index contributed by atoms with van der Waals surface area (Å²) in [5.74, 6) is -0.374. The van der Waals surface area contributed by atoms with E-state index in [1.54, 1.807) is 0 Å². The number of nitrogens with one attached hydrogen (secondary N) is 2. The second kappa shape index (κ2) is 5.49. The van der Waals surface area contributed by atoms with E-state index in [2.05, 4.69) is 10.9 Å². The molecule has 2 N–H and O–H groups in total. The Bertz CT molecular complexity index is 394. The van der Waals surface area contributed by atoms with Crippen molar-refractivity contribution in [3.63, 3.8) is 0 Å². The summed E-state index contributed by atoms with van der Waals surface area (Å²) >= 11 is 5.84. The molecule has 0 aromatic heterocycles. The van der Waals surface area contributed by atoms with E-state index in [1.807, 2.05) is 31.2 Å². The van der Waals surface area contributed by atoms with Crippen molar-refractivity contribution >= 4 is 17.6 Å².